The zero-order chi connectivity index (χ0) is 20.8. The minimum absolute atomic E-state index is 0.146. The summed E-state index contributed by atoms with van der Waals surface area (Å²) in [7, 11) is 0. The highest BCUT2D eigenvalue weighted by atomic mass is 16.5. The van der Waals surface area contributed by atoms with Crippen LogP contribution in [0.4, 0.5) is 17.8 Å². The van der Waals surface area contributed by atoms with Gasteiger partial charge in [0.2, 0.25) is 17.8 Å². The molecule has 0 bridgehead atoms. The first-order valence-corrected chi connectivity index (χ1v) is 10.2. The highest BCUT2D eigenvalue weighted by Gasteiger charge is 2.21. The molecule has 0 atom stereocenters. The van der Waals surface area contributed by atoms with Crippen molar-refractivity contribution in [2.45, 2.75) is 25.7 Å². The molecule has 158 valence electrons. The average molecular weight is 410 g/mol. The van der Waals surface area contributed by atoms with E-state index in [-0.39, 0.29) is 6.61 Å². The predicted octanol–water partition coefficient (Wildman–Crippen LogP) is 1.38. The molecule has 10 nitrogen and oxygen atoms in total. The van der Waals surface area contributed by atoms with Crippen LogP contribution in [0.2, 0.25) is 0 Å². The fraction of sp³-hybridized carbons (Fsp3) is 0.450. The summed E-state index contributed by atoms with van der Waals surface area (Å²) >= 11 is 0. The molecule has 0 unspecified atom stereocenters. The number of nitrogens with zero attached hydrogens (tertiary/aromatic N) is 6. The van der Waals surface area contributed by atoms with Crippen LogP contribution in [0.5, 0.6) is 5.75 Å². The number of hydrogen-bond acceptors (Lipinski definition) is 9. The first-order chi connectivity index (χ1) is 14.7. The number of aromatic nitrogens is 3. The Morgan fingerprint density at radius 1 is 1.00 bits per heavy atom. The second-order valence-electron chi connectivity index (χ2n) is 7.34. The SMILES string of the molecule is NC(=O)COc1ccc(/C=N/Nc2nc(N3CCCC3)nc(N3CCCC3)n2)cc1. The molecular formula is C20H26N8O2. The van der Waals surface area contributed by atoms with Gasteiger partial charge in [0.05, 0.1) is 6.21 Å². The van der Waals surface area contributed by atoms with Crippen molar-refractivity contribution in [3.63, 3.8) is 0 Å². The van der Waals surface area contributed by atoms with Crippen molar-refractivity contribution in [3.05, 3.63) is 29.8 Å². The van der Waals surface area contributed by atoms with Crippen molar-refractivity contribution in [3.8, 4) is 5.75 Å². The van der Waals surface area contributed by atoms with Crippen LogP contribution in [0.3, 0.4) is 0 Å². The minimum Gasteiger partial charge on any atom is -0.484 e. The van der Waals surface area contributed by atoms with Gasteiger partial charge in [-0.1, -0.05) is 0 Å². The Kier molecular flexibility index (Phi) is 6.21. The third kappa shape index (κ3) is 5.13. The number of hydrogen-bond donors (Lipinski definition) is 2. The number of ether oxygens (including phenoxy) is 1. The van der Waals surface area contributed by atoms with Gasteiger partial charge in [-0.05, 0) is 55.5 Å². The van der Waals surface area contributed by atoms with Crippen LogP contribution in [-0.4, -0.2) is 59.9 Å². The predicted molar refractivity (Wildman–Crippen MR) is 115 cm³/mol. The molecule has 3 heterocycles. The van der Waals surface area contributed by atoms with E-state index in [4.69, 9.17) is 15.5 Å². The maximum atomic E-state index is 10.8. The van der Waals surface area contributed by atoms with Gasteiger partial charge in [-0.15, -0.1) is 0 Å². The third-order valence-corrected chi connectivity index (χ3v) is 5.03. The van der Waals surface area contributed by atoms with Crippen LogP contribution in [0, 0.1) is 0 Å². The molecule has 0 aliphatic carbocycles. The summed E-state index contributed by atoms with van der Waals surface area (Å²) in [5.41, 5.74) is 8.88. The Morgan fingerprint density at radius 2 is 1.57 bits per heavy atom. The number of carbonyl (C=O) groups excluding carboxylic acids is 1. The van der Waals surface area contributed by atoms with Gasteiger partial charge in [-0.25, -0.2) is 5.43 Å². The lowest BCUT2D eigenvalue weighted by Gasteiger charge is -2.20. The quantitative estimate of drug-likeness (QED) is 0.494. The van der Waals surface area contributed by atoms with E-state index in [9.17, 15) is 4.79 Å². The summed E-state index contributed by atoms with van der Waals surface area (Å²) < 4.78 is 5.25. The Balaban J connectivity index is 1.44. The van der Waals surface area contributed by atoms with Crippen LogP contribution in [0.15, 0.2) is 29.4 Å². The molecule has 4 rings (SSSR count). The van der Waals surface area contributed by atoms with Crippen LogP contribution in [-0.2, 0) is 4.79 Å². The monoisotopic (exact) mass is 410 g/mol. The minimum atomic E-state index is -0.510. The number of amides is 1. The molecule has 0 saturated carbocycles. The van der Waals surface area contributed by atoms with Gasteiger partial charge >= 0.3 is 0 Å². The standard InChI is InChI=1S/C20H26N8O2/c21-17(29)14-30-16-7-5-15(6-8-16)13-22-26-18-23-19(27-9-1-2-10-27)25-20(24-18)28-11-3-4-12-28/h5-8,13H,1-4,9-12,14H2,(H2,21,29)(H,23,24,25,26)/b22-13+. The fourth-order valence-electron chi connectivity index (χ4n) is 3.49. The van der Waals surface area contributed by atoms with E-state index in [1.54, 1.807) is 18.3 Å². The molecular weight excluding hydrogens is 384 g/mol. The molecule has 1 amide bonds. The number of nitrogens with one attached hydrogen (secondary N) is 1. The zero-order valence-electron chi connectivity index (χ0n) is 16.8. The van der Waals surface area contributed by atoms with Crippen LogP contribution >= 0.6 is 0 Å². The summed E-state index contributed by atoms with van der Waals surface area (Å²) in [6, 6.07) is 7.18. The number of nitrogens with two attached hydrogens (primary N) is 1. The van der Waals surface area contributed by atoms with E-state index in [2.05, 4.69) is 30.3 Å². The fourth-order valence-corrected chi connectivity index (χ4v) is 3.49. The van der Waals surface area contributed by atoms with E-state index in [0.29, 0.717) is 23.6 Å². The van der Waals surface area contributed by atoms with E-state index in [1.165, 1.54) is 0 Å². The molecule has 2 aliphatic heterocycles. The molecule has 0 spiro atoms. The van der Waals surface area contributed by atoms with Gasteiger partial charge in [0.1, 0.15) is 5.75 Å². The molecule has 3 N–H and O–H groups in total. The Bertz CT molecular complexity index is 856. The second-order valence-corrected chi connectivity index (χ2v) is 7.34. The van der Waals surface area contributed by atoms with Crippen molar-refractivity contribution in [1.29, 1.82) is 0 Å². The summed E-state index contributed by atoms with van der Waals surface area (Å²) in [5, 5.41) is 4.27. The lowest BCUT2D eigenvalue weighted by molar-refractivity contribution is -0.119. The maximum Gasteiger partial charge on any atom is 0.255 e. The second kappa shape index (κ2) is 9.38. The lowest BCUT2D eigenvalue weighted by Crippen LogP contribution is -2.25. The van der Waals surface area contributed by atoms with E-state index in [0.717, 1.165) is 57.4 Å². The molecule has 2 aliphatic rings. The van der Waals surface area contributed by atoms with Crippen molar-refractivity contribution >= 4 is 30.0 Å². The molecule has 30 heavy (non-hydrogen) atoms. The van der Waals surface area contributed by atoms with Crippen molar-refractivity contribution in [2.24, 2.45) is 10.8 Å². The maximum absolute atomic E-state index is 10.8. The van der Waals surface area contributed by atoms with Crippen LogP contribution < -0.4 is 25.7 Å². The Morgan fingerprint density at radius 3 is 2.10 bits per heavy atom. The summed E-state index contributed by atoms with van der Waals surface area (Å²) in [6.45, 7) is 3.73. The normalized spacial score (nSPS) is 16.4. The molecule has 2 fully saturated rings. The van der Waals surface area contributed by atoms with Crippen molar-refractivity contribution < 1.29 is 9.53 Å². The smallest absolute Gasteiger partial charge is 0.255 e. The number of anilines is 3. The van der Waals surface area contributed by atoms with Gasteiger partial charge in [-0.2, -0.15) is 20.1 Å². The first kappa shape index (κ1) is 19.9. The zero-order valence-corrected chi connectivity index (χ0v) is 16.8. The average Bonchev–Trinajstić information content (AvgIpc) is 3.47. The lowest BCUT2D eigenvalue weighted by atomic mass is 10.2. The topological polar surface area (TPSA) is 122 Å². The summed E-state index contributed by atoms with van der Waals surface area (Å²) in [6.07, 6.45) is 6.30. The molecule has 10 heteroatoms. The van der Waals surface area contributed by atoms with Gasteiger partial charge in [0.25, 0.3) is 5.91 Å². The number of benzene rings is 1. The summed E-state index contributed by atoms with van der Waals surface area (Å²) in [5.74, 6) is 1.91. The van der Waals surface area contributed by atoms with Crippen LogP contribution in [0.1, 0.15) is 31.2 Å². The molecule has 2 saturated heterocycles. The van der Waals surface area contributed by atoms with E-state index < -0.39 is 5.91 Å². The Labute approximate surface area is 175 Å². The molecule has 0 radical (unpaired) electrons. The van der Waals surface area contributed by atoms with E-state index in [1.807, 2.05) is 12.1 Å². The van der Waals surface area contributed by atoms with Gasteiger partial charge < -0.3 is 20.3 Å². The van der Waals surface area contributed by atoms with Gasteiger partial charge in [0.15, 0.2) is 6.61 Å². The number of carbonyl (C=O) groups is 1. The van der Waals surface area contributed by atoms with Crippen LogP contribution in [0.25, 0.3) is 0 Å². The van der Waals surface area contributed by atoms with E-state index >= 15 is 0 Å². The first-order valence-electron chi connectivity index (χ1n) is 10.2. The Hall–Kier alpha value is -3.43. The highest BCUT2D eigenvalue weighted by molar-refractivity contribution is 5.80. The molecule has 1 aromatic carbocycles. The number of rotatable bonds is 8. The van der Waals surface area contributed by atoms with Crippen molar-refractivity contribution in [2.75, 3.05) is 48.0 Å². The molecule has 2 aromatic rings. The highest BCUT2D eigenvalue weighted by Crippen LogP contribution is 2.22. The number of primary amides is 1. The third-order valence-electron chi connectivity index (χ3n) is 5.03. The summed E-state index contributed by atoms with van der Waals surface area (Å²) in [4.78, 5) is 29.0. The van der Waals surface area contributed by atoms with Gasteiger partial charge in [-0.3, -0.25) is 4.79 Å². The number of hydrazone groups is 1. The van der Waals surface area contributed by atoms with Gasteiger partial charge in [0, 0.05) is 26.2 Å². The molecule has 1 aromatic heterocycles. The van der Waals surface area contributed by atoms with Crippen molar-refractivity contribution in [1.82, 2.24) is 15.0 Å². The largest absolute Gasteiger partial charge is 0.484 e.